The van der Waals surface area contributed by atoms with E-state index in [4.69, 9.17) is 5.73 Å². The smallest absolute Gasteiger partial charge is 0.384 e. The van der Waals surface area contributed by atoms with Crippen molar-refractivity contribution < 1.29 is 13.2 Å². The first-order valence-electron chi connectivity index (χ1n) is 5.85. The number of anilines is 1. The van der Waals surface area contributed by atoms with Crippen molar-refractivity contribution in [1.82, 2.24) is 14.8 Å². The Morgan fingerprint density at radius 3 is 2.65 bits per heavy atom. The predicted molar refractivity (Wildman–Crippen MR) is 69.9 cm³/mol. The van der Waals surface area contributed by atoms with Gasteiger partial charge in [0, 0.05) is 30.3 Å². The molecule has 0 spiro atoms. The fourth-order valence-electron chi connectivity index (χ4n) is 2.22. The Labute approximate surface area is 112 Å². The van der Waals surface area contributed by atoms with Crippen molar-refractivity contribution in [1.29, 1.82) is 0 Å². The molecule has 0 fully saturated rings. The van der Waals surface area contributed by atoms with Gasteiger partial charge in [-0.1, -0.05) is 12.1 Å². The van der Waals surface area contributed by atoms with Gasteiger partial charge in [0.1, 0.15) is 5.82 Å². The van der Waals surface area contributed by atoms with Gasteiger partial charge >= 0.3 is 6.18 Å². The van der Waals surface area contributed by atoms with Crippen molar-refractivity contribution >= 4 is 16.7 Å². The average molecular weight is 280 g/mol. The molecule has 0 aliphatic heterocycles. The summed E-state index contributed by atoms with van der Waals surface area (Å²) in [6.07, 6.45) is -2.88. The molecule has 0 saturated carbocycles. The number of aromatic amines is 1. The summed E-state index contributed by atoms with van der Waals surface area (Å²) in [5.41, 5.74) is 6.20. The molecule has 0 aliphatic carbocycles. The Hall–Kier alpha value is -2.44. The first-order valence-corrected chi connectivity index (χ1v) is 5.85. The second kappa shape index (κ2) is 4.03. The maximum atomic E-state index is 12.9. The summed E-state index contributed by atoms with van der Waals surface area (Å²) in [6, 6.07) is 5.69. The molecular formula is C13H11F3N4. The van der Waals surface area contributed by atoms with E-state index in [1.807, 2.05) is 0 Å². The molecule has 0 unspecified atom stereocenters. The summed E-state index contributed by atoms with van der Waals surface area (Å²) in [5.74, 6) is 0.446. The molecule has 0 atom stereocenters. The molecule has 1 aromatic carbocycles. The monoisotopic (exact) mass is 280 g/mol. The van der Waals surface area contributed by atoms with Crippen LogP contribution in [0.25, 0.3) is 22.2 Å². The molecule has 3 aromatic rings. The summed E-state index contributed by atoms with van der Waals surface area (Å²) < 4.78 is 40.3. The van der Waals surface area contributed by atoms with E-state index >= 15 is 0 Å². The molecule has 7 heteroatoms. The van der Waals surface area contributed by atoms with Crippen LogP contribution in [0.2, 0.25) is 0 Å². The van der Waals surface area contributed by atoms with Crippen molar-refractivity contribution in [2.24, 2.45) is 7.05 Å². The standard InChI is InChI=1S/C13H11F3N4/c1-20-11(17)5-10(19-20)8-6-18-12-7(8)3-2-4-9(12)13(14,15)16/h2-6,18H,17H2,1H3. The van der Waals surface area contributed by atoms with Gasteiger partial charge in [0.25, 0.3) is 0 Å². The lowest BCUT2D eigenvalue weighted by atomic mass is 10.1. The number of aryl methyl sites for hydroxylation is 1. The number of fused-ring (bicyclic) bond motifs is 1. The largest absolute Gasteiger partial charge is 0.418 e. The van der Waals surface area contributed by atoms with Gasteiger partial charge in [-0.25, -0.2) is 0 Å². The Kier molecular flexibility index (Phi) is 2.53. The Bertz CT molecular complexity index is 763. The van der Waals surface area contributed by atoms with Crippen LogP contribution in [0.3, 0.4) is 0 Å². The maximum absolute atomic E-state index is 12.9. The number of para-hydroxylation sites is 1. The van der Waals surface area contributed by atoms with E-state index in [1.54, 1.807) is 19.2 Å². The highest BCUT2D eigenvalue weighted by Crippen LogP contribution is 2.37. The number of halogens is 3. The molecule has 2 heterocycles. The van der Waals surface area contributed by atoms with Gasteiger partial charge < -0.3 is 10.7 Å². The minimum Gasteiger partial charge on any atom is -0.384 e. The summed E-state index contributed by atoms with van der Waals surface area (Å²) in [5, 5.41) is 4.66. The summed E-state index contributed by atoms with van der Waals surface area (Å²) in [4.78, 5) is 2.68. The molecule has 0 radical (unpaired) electrons. The van der Waals surface area contributed by atoms with Crippen molar-refractivity contribution in [3.63, 3.8) is 0 Å². The number of nitrogen functional groups attached to an aromatic ring is 1. The minimum absolute atomic E-state index is 0.0548. The van der Waals surface area contributed by atoms with Crippen molar-refractivity contribution in [2.45, 2.75) is 6.18 Å². The van der Waals surface area contributed by atoms with Gasteiger partial charge in [-0.2, -0.15) is 18.3 Å². The number of nitrogens with two attached hydrogens (primary N) is 1. The zero-order valence-electron chi connectivity index (χ0n) is 10.5. The number of nitrogens with one attached hydrogen (secondary N) is 1. The summed E-state index contributed by atoms with van der Waals surface area (Å²) >= 11 is 0. The molecule has 0 saturated heterocycles. The highest BCUT2D eigenvalue weighted by molar-refractivity contribution is 5.96. The molecule has 20 heavy (non-hydrogen) atoms. The van der Waals surface area contributed by atoms with Crippen molar-refractivity contribution in [2.75, 3.05) is 5.73 Å². The topological polar surface area (TPSA) is 59.6 Å². The van der Waals surface area contributed by atoms with Crippen LogP contribution in [0.4, 0.5) is 19.0 Å². The van der Waals surface area contributed by atoms with E-state index in [0.29, 0.717) is 22.5 Å². The lowest BCUT2D eigenvalue weighted by Crippen LogP contribution is -2.05. The molecule has 3 N–H and O–H groups in total. The van der Waals surface area contributed by atoms with Crippen LogP contribution in [0.1, 0.15) is 5.56 Å². The van der Waals surface area contributed by atoms with Gasteiger partial charge in [0.15, 0.2) is 0 Å². The second-order valence-electron chi connectivity index (χ2n) is 4.51. The van der Waals surface area contributed by atoms with Crippen LogP contribution in [0.5, 0.6) is 0 Å². The van der Waals surface area contributed by atoms with Crippen molar-refractivity contribution in [3.8, 4) is 11.3 Å². The number of alkyl halides is 3. The third kappa shape index (κ3) is 1.82. The number of H-pyrrole nitrogens is 1. The van der Waals surface area contributed by atoms with E-state index in [2.05, 4.69) is 10.1 Å². The van der Waals surface area contributed by atoms with Crippen LogP contribution < -0.4 is 5.73 Å². The first-order chi connectivity index (χ1) is 9.38. The van der Waals surface area contributed by atoms with Crippen LogP contribution in [0, 0.1) is 0 Å². The third-order valence-corrected chi connectivity index (χ3v) is 3.21. The van der Waals surface area contributed by atoms with Crippen LogP contribution in [-0.4, -0.2) is 14.8 Å². The number of benzene rings is 1. The number of aromatic nitrogens is 3. The Morgan fingerprint density at radius 1 is 1.30 bits per heavy atom. The quantitative estimate of drug-likeness (QED) is 0.719. The van der Waals surface area contributed by atoms with Gasteiger partial charge in [-0.15, -0.1) is 0 Å². The van der Waals surface area contributed by atoms with Gasteiger partial charge in [0.2, 0.25) is 0 Å². The number of nitrogens with zero attached hydrogens (tertiary/aromatic N) is 2. The number of hydrogen-bond donors (Lipinski definition) is 2. The Balaban J connectivity index is 2.25. The molecule has 2 aromatic heterocycles. The second-order valence-corrected chi connectivity index (χ2v) is 4.51. The zero-order valence-corrected chi connectivity index (χ0v) is 10.5. The molecule has 4 nitrogen and oxygen atoms in total. The molecule has 104 valence electrons. The minimum atomic E-state index is -4.40. The maximum Gasteiger partial charge on any atom is 0.418 e. The fraction of sp³-hybridized carbons (Fsp3) is 0.154. The van der Waals surface area contributed by atoms with E-state index in [0.717, 1.165) is 6.07 Å². The van der Waals surface area contributed by atoms with Crippen LogP contribution in [-0.2, 0) is 13.2 Å². The van der Waals surface area contributed by atoms with E-state index in [1.165, 1.54) is 16.9 Å². The van der Waals surface area contributed by atoms with E-state index < -0.39 is 11.7 Å². The molecular weight excluding hydrogens is 269 g/mol. The average Bonchev–Trinajstić information content (AvgIpc) is 2.92. The molecule has 0 amide bonds. The Morgan fingerprint density at radius 2 is 2.05 bits per heavy atom. The fourth-order valence-corrected chi connectivity index (χ4v) is 2.22. The molecule has 0 aliphatic rings. The first kappa shape index (κ1) is 12.6. The van der Waals surface area contributed by atoms with Crippen molar-refractivity contribution in [3.05, 3.63) is 36.0 Å². The van der Waals surface area contributed by atoms with Gasteiger partial charge in [-0.3, -0.25) is 4.68 Å². The van der Waals surface area contributed by atoms with Crippen LogP contribution in [0.15, 0.2) is 30.5 Å². The van der Waals surface area contributed by atoms with Gasteiger partial charge in [-0.05, 0) is 6.07 Å². The lowest BCUT2D eigenvalue weighted by molar-refractivity contribution is -0.136. The summed E-state index contributed by atoms with van der Waals surface area (Å²) in [7, 11) is 1.68. The highest BCUT2D eigenvalue weighted by Gasteiger charge is 2.33. The third-order valence-electron chi connectivity index (χ3n) is 3.21. The summed E-state index contributed by atoms with van der Waals surface area (Å²) in [6.45, 7) is 0. The number of hydrogen-bond acceptors (Lipinski definition) is 2. The zero-order chi connectivity index (χ0) is 14.5. The highest BCUT2D eigenvalue weighted by atomic mass is 19.4. The molecule has 0 bridgehead atoms. The SMILES string of the molecule is Cn1nc(-c2c[nH]c3c(C(F)(F)F)cccc23)cc1N. The van der Waals surface area contributed by atoms with E-state index in [9.17, 15) is 13.2 Å². The normalized spacial score (nSPS) is 12.2. The lowest BCUT2D eigenvalue weighted by Gasteiger charge is -2.07. The van der Waals surface area contributed by atoms with E-state index in [-0.39, 0.29) is 5.52 Å². The van der Waals surface area contributed by atoms with Gasteiger partial charge in [0.05, 0.1) is 16.8 Å². The van der Waals surface area contributed by atoms with Crippen LogP contribution >= 0.6 is 0 Å². The predicted octanol–water partition coefficient (Wildman–Crippen LogP) is 3.17. The number of rotatable bonds is 1. The molecule has 3 rings (SSSR count).